The number of rotatable bonds is 5. The van der Waals surface area contributed by atoms with Crippen molar-refractivity contribution in [1.29, 1.82) is 0 Å². The summed E-state index contributed by atoms with van der Waals surface area (Å²) in [6.45, 7) is 15.0. The number of urea groups is 1. The fraction of sp³-hybridized carbons (Fsp3) is 0.438. The summed E-state index contributed by atoms with van der Waals surface area (Å²) in [5.74, 6) is -1.19. The van der Waals surface area contributed by atoms with Crippen LogP contribution in [0.1, 0.15) is 90.3 Å². The van der Waals surface area contributed by atoms with Crippen molar-refractivity contribution in [3.8, 4) is 11.1 Å². The molecule has 3 amide bonds. The molecular weight excluding hydrogens is 518 g/mol. The Hall–Kier alpha value is -4.14. The van der Waals surface area contributed by atoms with Crippen molar-refractivity contribution in [2.75, 3.05) is 6.54 Å². The van der Waals surface area contributed by atoms with Crippen LogP contribution in [0.3, 0.4) is 0 Å². The number of aromatic nitrogens is 2. The van der Waals surface area contributed by atoms with Gasteiger partial charge in [-0.3, -0.25) is 9.48 Å². The van der Waals surface area contributed by atoms with Crippen LogP contribution in [0.4, 0.5) is 4.79 Å². The summed E-state index contributed by atoms with van der Waals surface area (Å²) in [5.41, 5.74) is 6.48. The fourth-order valence-corrected chi connectivity index (χ4v) is 5.20. The molecule has 0 saturated carbocycles. The number of carboxylic acids is 1. The van der Waals surface area contributed by atoms with E-state index in [1.54, 1.807) is 28.8 Å². The van der Waals surface area contributed by atoms with E-state index in [0.29, 0.717) is 30.8 Å². The quantitative estimate of drug-likeness (QED) is 0.398. The molecule has 0 saturated heterocycles. The van der Waals surface area contributed by atoms with Crippen LogP contribution in [-0.2, 0) is 32.0 Å². The van der Waals surface area contributed by atoms with Crippen LogP contribution >= 0.6 is 0 Å². The van der Waals surface area contributed by atoms with Crippen molar-refractivity contribution < 1.29 is 19.5 Å². The molecule has 0 atom stereocenters. The second-order valence-electron chi connectivity index (χ2n) is 12.8. The number of hydrogen-bond acceptors (Lipinski definition) is 4. The molecule has 0 bridgehead atoms. The van der Waals surface area contributed by atoms with E-state index >= 15 is 0 Å². The van der Waals surface area contributed by atoms with Gasteiger partial charge in [-0.1, -0.05) is 45.0 Å². The molecule has 3 N–H and O–H groups in total. The zero-order valence-electron chi connectivity index (χ0n) is 25.3. The minimum atomic E-state index is -0.965. The van der Waals surface area contributed by atoms with Gasteiger partial charge in [0.05, 0.1) is 11.3 Å². The lowest BCUT2D eigenvalue weighted by molar-refractivity contribution is 0.0695. The fourth-order valence-electron chi connectivity index (χ4n) is 5.20. The highest BCUT2D eigenvalue weighted by atomic mass is 16.4. The number of nitrogens with one attached hydrogen (secondary N) is 2. The second-order valence-corrected chi connectivity index (χ2v) is 12.8. The van der Waals surface area contributed by atoms with Gasteiger partial charge in [-0.25, -0.2) is 9.59 Å². The van der Waals surface area contributed by atoms with E-state index in [0.717, 1.165) is 33.5 Å². The summed E-state index contributed by atoms with van der Waals surface area (Å²) in [6, 6.07) is 11.0. The molecule has 0 radical (unpaired) electrons. The zero-order chi connectivity index (χ0) is 30.3. The number of nitrogens with zero attached hydrogens (tertiary/aromatic N) is 3. The first-order chi connectivity index (χ1) is 19.1. The third-order valence-electron chi connectivity index (χ3n) is 7.45. The molecule has 1 aliphatic rings. The molecule has 2 aromatic carbocycles. The number of aryl methyl sites for hydroxylation is 1. The average Bonchev–Trinajstić information content (AvgIpc) is 3.28. The van der Waals surface area contributed by atoms with Gasteiger partial charge in [0.15, 0.2) is 0 Å². The van der Waals surface area contributed by atoms with Crippen molar-refractivity contribution >= 4 is 17.9 Å². The maximum absolute atomic E-state index is 13.2. The van der Waals surface area contributed by atoms with Gasteiger partial charge in [0, 0.05) is 37.6 Å². The largest absolute Gasteiger partial charge is 0.478 e. The van der Waals surface area contributed by atoms with E-state index in [1.165, 1.54) is 0 Å². The number of aromatic carboxylic acids is 1. The van der Waals surface area contributed by atoms with Crippen molar-refractivity contribution in [3.63, 3.8) is 0 Å². The Kier molecular flexibility index (Phi) is 8.02. The number of carbonyl (C=O) groups excluding carboxylic acids is 2. The number of benzene rings is 2. The molecule has 2 heterocycles. The highest BCUT2D eigenvalue weighted by molar-refractivity contribution is 5.93. The standard InChI is InChI=1S/C32H41N5O4/c1-19-21(10-9-11-22(19)29(39)40)23-13-12-20(17-33-28(38)26-16-27(31(2,3)4)35-36(26)8)25-18-37(15-14-24(23)25)30(41)34-32(5,6)7/h9-13,16H,14-15,17-18H2,1-8H3,(H,33,38)(H,34,41)(H,39,40). The van der Waals surface area contributed by atoms with Gasteiger partial charge in [-0.2, -0.15) is 5.10 Å². The summed E-state index contributed by atoms with van der Waals surface area (Å²) in [6.07, 6.45) is 0.609. The molecule has 1 aliphatic heterocycles. The summed E-state index contributed by atoms with van der Waals surface area (Å²) >= 11 is 0. The molecule has 9 heteroatoms. The Labute approximate surface area is 241 Å². The van der Waals surface area contributed by atoms with E-state index < -0.39 is 5.97 Å². The first kappa shape index (κ1) is 29.8. The number of hydrogen-bond donors (Lipinski definition) is 3. The number of carbonyl (C=O) groups is 3. The topological polar surface area (TPSA) is 117 Å². The SMILES string of the molecule is Cc1c(C(=O)O)cccc1-c1ccc(CNC(=O)c2cc(C(C)(C)C)nn2C)c2c1CCN(C(=O)NC(C)(C)C)C2. The van der Waals surface area contributed by atoms with E-state index in [4.69, 9.17) is 0 Å². The molecule has 218 valence electrons. The third-order valence-corrected chi connectivity index (χ3v) is 7.45. The van der Waals surface area contributed by atoms with Gasteiger partial charge in [0.1, 0.15) is 5.69 Å². The van der Waals surface area contributed by atoms with Crippen molar-refractivity contribution in [1.82, 2.24) is 25.3 Å². The summed E-state index contributed by atoms with van der Waals surface area (Å²) in [7, 11) is 1.76. The van der Waals surface area contributed by atoms with E-state index in [1.807, 2.05) is 52.0 Å². The van der Waals surface area contributed by atoms with E-state index in [-0.39, 0.29) is 35.0 Å². The molecule has 4 rings (SSSR count). The van der Waals surface area contributed by atoms with Crippen LogP contribution < -0.4 is 10.6 Å². The molecule has 0 spiro atoms. The van der Waals surface area contributed by atoms with E-state index in [9.17, 15) is 19.5 Å². The Bertz CT molecular complexity index is 1510. The average molecular weight is 560 g/mol. The first-order valence-electron chi connectivity index (χ1n) is 13.9. The Morgan fingerprint density at radius 2 is 1.71 bits per heavy atom. The lowest BCUT2D eigenvalue weighted by Gasteiger charge is -2.34. The molecule has 41 heavy (non-hydrogen) atoms. The minimum Gasteiger partial charge on any atom is -0.478 e. The van der Waals surface area contributed by atoms with Gasteiger partial charge < -0.3 is 20.6 Å². The number of fused-ring (bicyclic) bond motifs is 1. The molecular formula is C32H41N5O4. The van der Waals surface area contributed by atoms with Crippen LogP contribution in [-0.4, -0.2) is 49.8 Å². The molecule has 1 aromatic heterocycles. The Balaban J connectivity index is 1.70. The first-order valence-corrected chi connectivity index (χ1v) is 13.9. The van der Waals surface area contributed by atoms with Gasteiger partial charge in [-0.15, -0.1) is 0 Å². The highest BCUT2D eigenvalue weighted by Crippen LogP contribution is 2.35. The third kappa shape index (κ3) is 6.45. The van der Waals surface area contributed by atoms with Crippen LogP contribution in [0.25, 0.3) is 11.1 Å². The minimum absolute atomic E-state index is 0.141. The van der Waals surface area contributed by atoms with Gasteiger partial charge >= 0.3 is 12.0 Å². The number of carboxylic acid groups (broad SMARTS) is 1. The zero-order valence-corrected chi connectivity index (χ0v) is 25.3. The molecule has 0 unspecified atom stereocenters. The number of amides is 3. The maximum Gasteiger partial charge on any atom is 0.335 e. The molecule has 0 fully saturated rings. The van der Waals surface area contributed by atoms with E-state index in [2.05, 4.69) is 36.5 Å². The Morgan fingerprint density at radius 3 is 2.32 bits per heavy atom. The van der Waals surface area contributed by atoms with Crippen LogP contribution in [0.5, 0.6) is 0 Å². The smallest absolute Gasteiger partial charge is 0.335 e. The molecule has 0 aliphatic carbocycles. The molecule has 3 aromatic rings. The van der Waals surface area contributed by atoms with Crippen molar-refractivity contribution in [3.05, 3.63) is 75.6 Å². The lowest BCUT2D eigenvalue weighted by Crippen LogP contribution is -2.50. The van der Waals surface area contributed by atoms with Crippen LogP contribution in [0, 0.1) is 6.92 Å². The van der Waals surface area contributed by atoms with Gasteiger partial charge in [0.25, 0.3) is 5.91 Å². The summed E-state index contributed by atoms with van der Waals surface area (Å²) in [4.78, 5) is 39.9. The van der Waals surface area contributed by atoms with Gasteiger partial charge in [-0.05, 0) is 79.6 Å². The highest BCUT2D eigenvalue weighted by Gasteiger charge is 2.28. The van der Waals surface area contributed by atoms with Crippen LogP contribution in [0.2, 0.25) is 0 Å². The monoisotopic (exact) mass is 559 g/mol. The lowest BCUT2D eigenvalue weighted by atomic mass is 9.85. The predicted octanol–water partition coefficient (Wildman–Crippen LogP) is 5.19. The second kappa shape index (κ2) is 11.0. The Morgan fingerprint density at radius 1 is 1.00 bits per heavy atom. The van der Waals surface area contributed by atoms with Crippen molar-refractivity contribution in [2.24, 2.45) is 7.05 Å². The predicted molar refractivity (Wildman–Crippen MR) is 159 cm³/mol. The molecule has 9 nitrogen and oxygen atoms in total. The summed E-state index contributed by atoms with van der Waals surface area (Å²) < 4.78 is 1.60. The maximum atomic E-state index is 13.2. The summed E-state index contributed by atoms with van der Waals surface area (Å²) in [5, 5.41) is 20.3. The van der Waals surface area contributed by atoms with Crippen molar-refractivity contribution in [2.45, 2.75) is 78.9 Å². The van der Waals surface area contributed by atoms with Gasteiger partial charge in [0.2, 0.25) is 0 Å². The normalized spacial score (nSPS) is 13.5. The van der Waals surface area contributed by atoms with Crippen LogP contribution in [0.15, 0.2) is 36.4 Å².